The van der Waals surface area contributed by atoms with Gasteiger partial charge in [0.15, 0.2) is 6.61 Å². The number of nitrogens with one attached hydrogen (secondary N) is 1. The molecule has 1 aliphatic heterocycles. The molecule has 0 spiro atoms. The minimum Gasteiger partial charge on any atom is -0.482 e. The summed E-state index contributed by atoms with van der Waals surface area (Å²) < 4.78 is 5.43. The van der Waals surface area contributed by atoms with Crippen molar-refractivity contribution in [2.24, 2.45) is 11.7 Å². The number of ether oxygens (including phenoxy) is 1. The van der Waals surface area contributed by atoms with Gasteiger partial charge in [-0.05, 0) is 37.8 Å². The van der Waals surface area contributed by atoms with Gasteiger partial charge in [0.25, 0.3) is 5.91 Å². The van der Waals surface area contributed by atoms with E-state index in [0.717, 1.165) is 37.1 Å². The first-order valence-electron chi connectivity index (χ1n) is 8.70. The molecular weight excluding hydrogens is 342 g/mol. The number of halogens is 1. The first-order valence-corrected chi connectivity index (χ1v) is 8.70. The number of nitrogens with two attached hydrogens (primary N) is 1. The van der Waals surface area contributed by atoms with Crippen molar-refractivity contribution in [1.82, 2.24) is 5.32 Å². The Bertz CT molecular complexity index is 611. The SMILES string of the molecule is Cl.NC1CCCC(C(=O)NCCCN2C(=O)COc3ccccc32)C1. The van der Waals surface area contributed by atoms with Crippen molar-refractivity contribution >= 4 is 29.9 Å². The molecule has 2 aliphatic rings. The molecule has 1 saturated carbocycles. The van der Waals surface area contributed by atoms with E-state index in [2.05, 4.69) is 5.32 Å². The van der Waals surface area contributed by atoms with Gasteiger partial charge in [-0.2, -0.15) is 0 Å². The molecular formula is C18H26ClN3O3. The highest BCUT2D eigenvalue weighted by atomic mass is 35.5. The third kappa shape index (κ3) is 4.86. The minimum atomic E-state index is -0.0433. The number of carbonyl (C=O) groups is 2. The van der Waals surface area contributed by atoms with Gasteiger partial charge in [0.1, 0.15) is 5.75 Å². The number of rotatable bonds is 5. The summed E-state index contributed by atoms with van der Waals surface area (Å²) in [4.78, 5) is 26.0. The fourth-order valence-electron chi connectivity index (χ4n) is 3.46. The Balaban J connectivity index is 0.00000225. The van der Waals surface area contributed by atoms with Gasteiger partial charge in [-0.25, -0.2) is 0 Å². The van der Waals surface area contributed by atoms with Crippen molar-refractivity contribution < 1.29 is 14.3 Å². The zero-order chi connectivity index (χ0) is 16.9. The van der Waals surface area contributed by atoms with Crippen LogP contribution in [0.1, 0.15) is 32.1 Å². The number of hydrogen-bond donors (Lipinski definition) is 2. The topological polar surface area (TPSA) is 84.7 Å². The fraction of sp³-hybridized carbons (Fsp3) is 0.556. The second-order valence-corrected chi connectivity index (χ2v) is 6.57. The monoisotopic (exact) mass is 367 g/mol. The van der Waals surface area contributed by atoms with Crippen LogP contribution in [0.4, 0.5) is 5.69 Å². The molecule has 7 heteroatoms. The molecule has 3 rings (SSSR count). The van der Waals surface area contributed by atoms with Gasteiger partial charge in [-0.3, -0.25) is 9.59 Å². The maximum Gasteiger partial charge on any atom is 0.265 e. The normalized spacial score (nSPS) is 22.4. The van der Waals surface area contributed by atoms with Crippen molar-refractivity contribution in [3.05, 3.63) is 24.3 Å². The van der Waals surface area contributed by atoms with E-state index in [1.165, 1.54) is 0 Å². The lowest BCUT2D eigenvalue weighted by molar-refractivity contribution is -0.126. The summed E-state index contributed by atoms with van der Waals surface area (Å²) in [5, 5.41) is 2.99. The molecule has 0 aromatic heterocycles. The Labute approximate surface area is 154 Å². The van der Waals surface area contributed by atoms with E-state index in [9.17, 15) is 9.59 Å². The Hall–Kier alpha value is -1.79. The first kappa shape index (κ1) is 19.5. The largest absolute Gasteiger partial charge is 0.482 e. The van der Waals surface area contributed by atoms with Crippen LogP contribution in [0.2, 0.25) is 0 Å². The molecule has 2 amide bonds. The number of para-hydroxylation sites is 2. The highest BCUT2D eigenvalue weighted by Crippen LogP contribution is 2.31. The minimum absolute atomic E-state index is 0. The van der Waals surface area contributed by atoms with Crippen LogP contribution in [-0.4, -0.2) is 37.6 Å². The lowest BCUT2D eigenvalue weighted by Gasteiger charge is -2.29. The summed E-state index contributed by atoms with van der Waals surface area (Å²) in [6.45, 7) is 1.21. The molecule has 2 unspecified atom stereocenters. The van der Waals surface area contributed by atoms with Gasteiger partial charge in [-0.1, -0.05) is 18.6 Å². The Morgan fingerprint density at radius 1 is 1.32 bits per heavy atom. The second kappa shape index (κ2) is 9.06. The molecule has 1 heterocycles. The van der Waals surface area contributed by atoms with Gasteiger partial charge >= 0.3 is 0 Å². The second-order valence-electron chi connectivity index (χ2n) is 6.57. The van der Waals surface area contributed by atoms with Gasteiger partial charge < -0.3 is 20.7 Å². The standard InChI is InChI=1S/C18H25N3O3.ClH/c19-14-6-3-5-13(11-14)18(23)20-9-4-10-21-15-7-1-2-8-16(15)24-12-17(21)22;/h1-2,7-8,13-14H,3-6,9-12,19H2,(H,20,23);1H. The molecule has 1 aromatic carbocycles. The van der Waals surface area contributed by atoms with Crippen molar-refractivity contribution in [2.45, 2.75) is 38.1 Å². The third-order valence-corrected chi connectivity index (χ3v) is 4.75. The molecule has 1 aliphatic carbocycles. The molecule has 1 fully saturated rings. The zero-order valence-electron chi connectivity index (χ0n) is 14.3. The molecule has 0 radical (unpaired) electrons. The van der Waals surface area contributed by atoms with Gasteiger partial charge in [0, 0.05) is 25.0 Å². The summed E-state index contributed by atoms with van der Waals surface area (Å²) in [6, 6.07) is 7.68. The predicted molar refractivity (Wildman–Crippen MR) is 99.1 cm³/mol. The van der Waals surface area contributed by atoms with E-state index in [4.69, 9.17) is 10.5 Å². The van der Waals surface area contributed by atoms with Crippen LogP contribution >= 0.6 is 12.4 Å². The average Bonchev–Trinajstić information content (AvgIpc) is 2.60. The van der Waals surface area contributed by atoms with Crippen molar-refractivity contribution in [2.75, 3.05) is 24.6 Å². The van der Waals surface area contributed by atoms with E-state index in [-0.39, 0.29) is 42.8 Å². The molecule has 25 heavy (non-hydrogen) atoms. The average molecular weight is 368 g/mol. The third-order valence-electron chi connectivity index (χ3n) is 4.75. The van der Waals surface area contributed by atoms with Crippen LogP contribution in [0.3, 0.4) is 0 Å². The quantitative estimate of drug-likeness (QED) is 0.778. The van der Waals surface area contributed by atoms with Gasteiger partial charge in [0.2, 0.25) is 5.91 Å². The number of hydrogen-bond acceptors (Lipinski definition) is 4. The van der Waals surface area contributed by atoms with E-state index < -0.39 is 0 Å². The molecule has 6 nitrogen and oxygen atoms in total. The molecule has 1 aromatic rings. The summed E-state index contributed by atoms with van der Waals surface area (Å²) in [5.74, 6) is 0.828. The predicted octanol–water partition coefficient (Wildman–Crippen LogP) is 1.86. The lowest BCUT2D eigenvalue weighted by Crippen LogP contribution is -2.41. The molecule has 0 saturated heterocycles. The van der Waals surface area contributed by atoms with Crippen LogP contribution in [-0.2, 0) is 9.59 Å². The van der Waals surface area contributed by atoms with Crippen LogP contribution in [0.15, 0.2) is 24.3 Å². The van der Waals surface area contributed by atoms with Crippen molar-refractivity contribution in [3.63, 3.8) is 0 Å². The molecule has 0 bridgehead atoms. The molecule has 138 valence electrons. The number of nitrogens with zero attached hydrogens (tertiary/aromatic N) is 1. The van der Waals surface area contributed by atoms with E-state index in [0.29, 0.717) is 19.5 Å². The van der Waals surface area contributed by atoms with E-state index in [1.807, 2.05) is 24.3 Å². The summed E-state index contributed by atoms with van der Waals surface area (Å²) in [6.07, 6.45) is 4.46. The Morgan fingerprint density at radius 3 is 2.92 bits per heavy atom. The van der Waals surface area contributed by atoms with E-state index >= 15 is 0 Å². The number of benzene rings is 1. The summed E-state index contributed by atoms with van der Waals surface area (Å²) >= 11 is 0. The highest BCUT2D eigenvalue weighted by Gasteiger charge is 2.26. The van der Waals surface area contributed by atoms with Crippen LogP contribution in [0, 0.1) is 5.92 Å². The summed E-state index contributed by atoms with van der Waals surface area (Å²) in [5.41, 5.74) is 6.74. The smallest absolute Gasteiger partial charge is 0.265 e. The number of fused-ring (bicyclic) bond motifs is 1. The lowest BCUT2D eigenvalue weighted by atomic mass is 9.85. The van der Waals surface area contributed by atoms with Gasteiger partial charge in [0.05, 0.1) is 5.69 Å². The Kier molecular flexibility index (Phi) is 7.08. The van der Waals surface area contributed by atoms with Crippen LogP contribution < -0.4 is 20.7 Å². The van der Waals surface area contributed by atoms with E-state index in [1.54, 1.807) is 4.90 Å². The Morgan fingerprint density at radius 2 is 2.12 bits per heavy atom. The molecule has 2 atom stereocenters. The van der Waals surface area contributed by atoms with Crippen LogP contribution in [0.25, 0.3) is 0 Å². The maximum atomic E-state index is 12.2. The van der Waals surface area contributed by atoms with Crippen molar-refractivity contribution in [3.8, 4) is 5.75 Å². The fourth-order valence-corrected chi connectivity index (χ4v) is 3.46. The first-order chi connectivity index (χ1) is 11.6. The van der Waals surface area contributed by atoms with Gasteiger partial charge in [-0.15, -0.1) is 12.4 Å². The maximum absolute atomic E-state index is 12.2. The zero-order valence-corrected chi connectivity index (χ0v) is 15.1. The number of carbonyl (C=O) groups excluding carboxylic acids is 2. The van der Waals surface area contributed by atoms with Crippen LogP contribution in [0.5, 0.6) is 5.75 Å². The highest BCUT2D eigenvalue weighted by molar-refractivity contribution is 5.97. The number of amides is 2. The molecule has 3 N–H and O–H groups in total. The summed E-state index contributed by atoms with van der Waals surface area (Å²) in [7, 11) is 0. The number of anilines is 1. The van der Waals surface area contributed by atoms with Crippen molar-refractivity contribution in [1.29, 1.82) is 0 Å².